The Labute approximate surface area is 150 Å². The van der Waals surface area contributed by atoms with Gasteiger partial charge in [-0.25, -0.2) is 0 Å². The number of fused-ring (bicyclic) bond motifs is 1. The Hall–Kier alpha value is -3.35. The molecule has 0 bridgehead atoms. The van der Waals surface area contributed by atoms with E-state index in [9.17, 15) is 9.59 Å². The lowest BCUT2D eigenvalue weighted by molar-refractivity contribution is -0.120. The largest absolute Gasteiger partial charge is 0.496 e. The number of para-hydroxylation sites is 2. The second-order valence-corrected chi connectivity index (χ2v) is 5.71. The minimum absolute atomic E-state index is 0.131. The Bertz CT molecular complexity index is 920. The molecule has 7 heteroatoms. The van der Waals surface area contributed by atoms with Crippen molar-refractivity contribution in [3.8, 4) is 5.75 Å². The van der Waals surface area contributed by atoms with E-state index in [0.717, 1.165) is 16.5 Å². The van der Waals surface area contributed by atoms with Crippen molar-refractivity contribution in [1.82, 2.24) is 20.8 Å². The number of H-pyrrole nitrogens is 1. The van der Waals surface area contributed by atoms with E-state index in [1.807, 2.05) is 48.5 Å². The predicted molar refractivity (Wildman–Crippen MR) is 98.1 cm³/mol. The number of benzene rings is 2. The molecule has 3 N–H and O–H groups in total. The molecule has 0 aliphatic heterocycles. The first-order valence-corrected chi connectivity index (χ1v) is 8.29. The number of amides is 2. The van der Waals surface area contributed by atoms with Crippen molar-refractivity contribution in [2.45, 2.75) is 6.42 Å². The number of nitrogens with zero attached hydrogens (tertiary/aromatic N) is 1. The van der Waals surface area contributed by atoms with Crippen LogP contribution in [-0.2, 0) is 11.2 Å². The van der Waals surface area contributed by atoms with Crippen LogP contribution in [0.15, 0.2) is 48.5 Å². The van der Waals surface area contributed by atoms with E-state index >= 15 is 0 Å². The second-order valence-electron chi connectivity index (χ2n) is 5.71. The SMILES string of the molecule is COc1ccccc1CC(=O)NCCNC(=O)c1n[nH]c2ccccc12. The molecule has 134 valence electrons. The van der Waals surface area contributed by atoms with Gasteiger partial charge in [0.2, 0.25) is 5.91 Å². The second kappa shape index (κ2) is 8.15. The number of hydrogen-bond donors (Lipinski definition) is 3. The lowest BCUT2D eigenvalue weighted by Gasteiger charge is -2.09. The number of hydrogen-bond acceptors (Lipinski definition) is 4. The average molecular weight is 352 g/mol. The summed E-state index contributed by atoms with van der Waals surface area (Å²) >= 11 is 0. The van der Waals surface area contributed by atoms with Crippen molar-refractivity contribution in [2.24, 2.45) is 0 Å². The first-order valence-electron chi connectivity index (χ1n) is 8.29. The molecule has 1 heterocycles. The number of aromatic nitrogens is 2. The van der Waals surface area contributed by atoms with Crippen LogP contribution in [-0.4, -0.2) is 42.2 Å². The fraction of sp³-hybridized carbons (Fsp3) is 0.211. The van der Waals surface area contributed by atoms with E-state index in [4.69, 9.17) is 4.74 Å². The molecule has 0 aliphatic rings. The van der Waals surface area contributed by atoms with Crippen LogP contribution in [0.4, 0.5) is 0 Å². The number of carbonyl (C=O) groups is 2. The van der Waals surface area contributed by atoms with Crippen LogP contribution in [0.5, 0.6) is 5.75 Å². The third-order valence-electron chi connectivity index (χ3n) is 3.96. The Morgan fingerprint density at radius 1 is 1.04 bits per heavy atom. The Balaban J connectivity index is 1.46. The van der Waals surface area contributed by atoms with E-state index in [2.05, 4.69) is 20.8 Å². The summed E-state index contributed by atoms with van der Waals surface area (Å²) in [5, 5.41) is 13.2. The van der Waals surface area contributed by atoms with Crippen LogP contribution < -0.4 is 15.4 Å². The lowest BCUT2D eigenvalue weighted by Crippen LogP contribution is -2.35. The van der Waals surface area contributed by atoms with Crippen LogP contribution in [0.25, 0.3) is 10.9 Å². The Kier molecular flexibility index (Phi) is 5.48. The molecular weight excluding hydrogens is 332 g/mol. The quantitative estimate of drug-likeness (QED) is 0.564. The lowest BCUT2D eigenvalue weighted by atomic mass is 10.1. The summed E-state index contributed by atoms with van der Waals surface area (Å²) in [6.07, 6.45) is 0.224. The van der Waals surface area contributed by atoms with Gasteiger partial charge in [0.1, 0.15) is 5.75 Å². The maximum absolute atomic E-state index is 12.2. The maximum atomic E-state index is 12.2. The molecule has 0 spiro atoms. The van der Waals surface area contributed by atoms with Gasteiger partial charge in [0.15, 0.2) is 5.69 Å². The van der Waals surface area contributed by atoms with E-state index < -0.39 is 0 Å². The zero-order valence-corrected chi connectivity index (χ0v) is 14.4. The van der Waals surface area contributed by atoms with Crippen LogP contribution in [0.3, 0.4) is 0 Å². The van der Waals surface area contributed by atoms with E-state index in [-0.39, 0.29) is 18.2 Å². The third kappa shape index (κ3) is 4.00. The highest BCUT2D eigenvalue weighted by Gasteiger charge is 2.13. The average Bonchev–Trinajstić information content (AvgIpc) is 3.10. The number of rotatable bonds is 7. The van der Waals surface area contributed by atoms with E-state index in [1.165, 1.54) is 0 Å². The summed E-state index contributed by atoms with van der Waals surface area (Å²) < 4.78 is 5.23. The number of nitrogens with one attached hydrogen (secondary N) is 3. The topological polar surface area (TPSA) is 96.1 Å². The zero-order valence-electron chi connectivity index (χ0n) is 14.4. The van der Waals surface area contributed by atoms with Crippen LogP contribution >= 0.6 is 0 Å². The first-order chi connectivity index (χ1) is 12.7. The molecule has 26 heavy (non-hydrogen) atoms. The summed E-state index contributed by atoms with van der Waals surface area (Å²) in [6.45, 7) is 0.653. The summed E-state index contributed by atoms with van der Waals surface area (Å²) in [5.41, 5.74) is 1.98. The fourth-order valence-corrected chi connectivity index (χ4v) is 2.68. The number of methoxy groups -OCH3 is 1. The minimum Gasteiger partial charge on any atom is -0.496 e. The fourth-order valence-electron chi connectivity index (χ4n) is 2.68. The van der Waals surface area contributed by atoms with Crippen molar-refractivity contribution in [3.63, 3.8) is 0 Å². The maximum Gasteiger partial charge on any atom is 0.272 e. The van der Waals surface area contributed by atoms with Gasteiger partial charge in [0.05, 0.1) is 19.0 Å². The summed E-state index contributed by atoms with van der Waals surface area (Å²) in [6, 6.07) is 14.8. The van der Waals surface area contributed by atoms with Gasteiger partial charge in [-0.05, 0) is 12.1 Å². The van der Waals surface area contributed by atoms with E-state index in [1.54, 1.807) is 7.11 Å². The molecular formula is C19H20N4O3. The van der Waals surface area contributed by atoms with Crippen molar-refractivity contribution in [2.75, 3.05) is 20.2 Å². The van der Waals surface area contributed by atoms with Gasteiger partial charge in [-0.1, -0.05) is 36.4 Å². The molecule has 2 amide bonds. The van der Waals surface area contributed by atoms with Crippen molar-refractivity contribution >= 4 is 22.7 Å². The third-order valence-corrected chi connectivity index (χ3v) is 3.96. The van der Waals surface area contributed by atoms with Crippen molar-refractivity contribution < 1.29 is 14.3 Å². The number of carbonyl (C=O) groups excluding carboxylic acids is 2. The standard InChI is InChI=1S/C19H20N4O3/c1-26-16-9-5-2-6-13(16)12-17(24)20-10-11-21-19(25)18-14-7-3-4-8-15(14)22-23-18/h2-9H,10-12H2,1H3,(H,20,24)(H,21,25)(H,22,23). The molecule has 2 aromatic carbocycles. The molecule has 0 unspecified atom stereocenters. The number of ether oxygens (including phenoxy) is 1. The molecule has 0 radical (unpaired) electrons. The summed E-state index contributed by atoms with van der Waals surface area (Å²) in [7, 11) is 1.57. The molecule has 7 nitrogen and oxygen atoms in total. The van der Waals surface area contributed by atoms with Gasteiger partial charge >= 0.3 is 0 Å². The highest BCUT2D eigenvalue weighted by Crippen LogP contribution is 2.17. The Morgan fingerprint density at radius 2 is 1.77 bits per heavy atom. The Morgan fingerprint density at radius 3 is 2.62 bits per heavy atom. The molecule has 1 aromatic heterocycles. The van der Waals surface area contributed by atoms with Crippen LogP contribution in [0.2, 0.25) is 0 Å². The number of aromatic amines is 1. The summed E-state index contributed by atoms with van der Waals surface area (Å²) in [5.74, 6) is 0.275. The first kappa shape index (κ1) is 17.5. The molecule has 0 fully saturated rings. The van der Waals surface area contributed by atoms with Gasteiger partial charge in [-0.3, -0.25) is 14.7 Å². The van der Waals surface area contributed by atoms with Crippen molar-refractivity contribution in [1.29, 1.82) is 0 Å². The summed E-state index contributed by atoms with van der Waals surface area (Å²) in [4.78, 5) is 24.2. The highest BCUT2D eigenvalue weighted by molar-refractivity contribution is 6.04. The van der Waals surface area contributed by atoms with Crippen molar-refractivity contribution in [3.05, 3.63) is 59.8 Å². The zero-order chi connectivity index (χ0) is 18.4. The molecule has 3 rings (SSSR count). The van der Waals surface area contributed by atoms with Gasteiger partial charge < -0.3 is 15.4 Å². The monoisotopic (exact) mass is 352 g/mol. The van der Waals surface area contributed by atoms with Crippen LogP contribution in [0, 0.1) is 0 Å². The molecule has 3 aromatic rings. The van der Waals surface area contributed by atoms with Crippen LogP contribution in [0.1, 0.15) is 16.1 Å². The highest BCUT2D eigenvalue weighted by atomic mass is 16.5. The minimum atomic E-state index is -0.276. The molecule has 0 atom stereocenters. The van der Waals surface area contributed by atoms with Gasteiger partial charge in [-0.2, -0.15) is 5.10 Å². The predicted octanol–water partition coefficient (Wildman–Crippen LogP) is 1.66. The smallest absolute Gasteiger partial charge is 0.272 e. The molecule has 0 saturated carbocycles. The van der Waals surface area contributed by atoms with E-state index in [0.29, 0.717) is 24.5 Å². The van der Waals surface area contributed by atoms with Gasteiger partial charge in [-0.15, -0.1) is 0 Å². The molecule has 0 aliphatic carbocycles. The van der Waals surface area contributed by atoms with Gasteiger partial charge in [0.25, 0.3) is 5.91 Å². The molecule has 0 saturated heterocycles. The normalized spacial score (nSPS) is 10.5. The van der Waals surface area contributed by atoms with Gasteiger partial charge in [0, 0.05) is 24.0 Å².